The van der Waals surface area contributed by atoms with Gasteiger partial charge >= 0.3 is 0 Å². The summed E-state index contributed by atoms with van der Waals surface area (Å²) in [7, 11) is 0. The number of thiophene rings is 1. The molecule has 1 amide bonds. The zero-order valence-corrected chi connectivity index (χ0v) is 17.0. The van der Waals surface area contributed by atoms with E-state index in [2.05, 4.69) is 27.3 Å². The number of carbonyl (C=O) groups is 1. The third-order valence-electron chi connectivity index (χ3n) is 4.18. The lowest BCUT2D eigenvalue weighted by Crippen LogP contribution is -2.11. The minimum Gasteiger partial charge on any atom is -0.489 e. The molecule has 4 aromatic rings. The Morgan fingerprint density at radius 3 is 2.68 bits per heavy atom. The number of anilines is 1. The average Bonchev–Trinajstić information content (AvgIpc) is 3.17. The lowest BCUT2D eigenvalue weighted by Gasteiger charge is -2.06. The summed E-state index contributed by atoms with van der Waals surface area (Å²) < 4.78 is 20.4. The van der Waals surface area contributed by atoms with Crippen LogP contribution in [0.15, 0.2) is 76.6 Å². The van der Waals surface area contributed by atoms with Gasteiger partial charge in [0.1, 0.15) is 18.2 Å². The highest BCUT2D eigenvalue weighted by molar-refractivity contribution is 9.10. The number of hydrogen-bond donors (Lipinski definition) is 1. The predicted molar refractivity (Wildman–Crippen MR) is 115 cm³/mol. The largest absolute Gasteiger partial charge is 0.489 e. The van der Waals surface area contributed by atoms with Crippen LogP contribution in [0.25, 0.3) is 10.8 Å². The van der Waals surface area contributed by atoms with Crippen molar-refractivity contribution in [3.63, 3.8) is 0 Å². The fourth-order valence-electron chi connectivity index (χ4n) is 2.77. The third-order valence-corrected chi connectivity index (χ3v) is 5.65. The van der Waals surface area contributed by atoms with Gasteiger partial charge in [-0.25, -0.2) is 4.39 Å². The van der Waals surface area contributed by atoms with E-state index >= 15 is 0 Å². The van der Waals surface area contributed by atoms with Gasteiger partial charge in [0.15, 0.2) is 0 Å². The first-order chi connectivity index (χ1) is 13.6. The molecule has 0 fully saturated rings. The molecular weight excluding hydrogens is 441 g/mol. The van der Waals surface area contributed by atoms with Gasteiger partial charge in [0.2, 0.25) is 0 Å². The van der Waals surface area contributed by atoms with E-state index in [0.29, 0.717) is 16.0 Å². The maximum atomic E-state index is 13.9. The molecule has 1 heterocycles. The van der Waals surface area contributed by atoms with Gasteiger partial charge in [-0.2, -0.15) is 0 Å². The van der Waals surface area contributed by atoms with Crippen molar-refractivity contribution in [2.75, 3.05) is 5.32 Å². The molecule has 4 rings (SSSR count). The molecule has 0 bridgehead atoms. The number of nitrogens with one attached hydrogen (secondary N) is 1. The van der Waals surface area contributed by atoms with Gasteiger partial charge in [0.25, 0.3) is 5.91 Å². The highest BCUT2D eigenvalue weighted by Gasteiger charge is 2.12. The van der Waals surface area contributed by atoms with E-state index in [1.165, 1.54) is 23.5 Å². The molecule has 0 spiro atoms. The standard InChI is InChI=1S/C22H15BrFNO2S/c23-17-6-8-20(19(24)11-17)25-22(26)21-9-14(13-28-21)12-27-18-7-5-15-3-1-2-4-16(15)10-18/h1-11,13H,12H2,(H,25,26). The molecule has 0 radical (unpaired) electrons. The van der Waals surface area contributed by atoms with Crippen LogP contribution in [0, 0.1) is 5.82 Å². The smallest absolute Gasteiger partial charge is 0.265 e. The Bertz CT molecular complexity index is 1160. The number of hydrogen-bond acceptors (Lipinski definition) is 3. The zero-order chi connectivity index (χ0) is 19.5. The summed E-state index contributed by atoms with van der Waals surface area (Å²) >= 11 is 4.50. The third kappa shape index (κ3) is 4.24. The van der Waals surface area contributed by atoms with Gasteiger partial charge in [-0.05, 0) is 52.6 Å². The summed E-state index contributed by atoms with van der Waals surface area (Å²) in [6, 6.07) is 20.3. The quantitative estimate of drug-likeness (QED) is 0.366. The molecule has 0 unspecified atom stereocenters. The van der Waals surface area contributed by atoms with Crippen molar-refractivity contribution in [1.82, 2.24) is 0 Å². The Hall–Kier alpha value is -2.70. The van der Waals surface area contributed by atoms with Gasteiger partial charge in [0.05, 0.1) is 10.6 Å². The zero-order valence-electron chi connectivity index (χ0n) is 14.6. The van der Waals surface area contributed by atoms with Crippen LogP contribution >= 0.6 is 27.3 Å². The molecular formula is C22H15BrFNO2S. The van der Waals surface area contributed by atoms with Gasteiger partial charge in [-0.1, -0.05) is 46.3 Å². The molecule has 1 aromatic heterocycles. The molecule has 140 valence electrons. The molecule has 0 aliphatic rings. The van der Waals surface area contributed by atoms with E-state index in [0.717, 1.165) is 22.1 Å². The van der Waals surface area contributed by atoms with E-state index in [9.17, 15) is 9.18 Å². The van der Waals surface area contributed by atoms with Gasteiger partial charge < -0.3 is 10.1 Å². The summed E-state index contributed by atoms with van der Waals surface area (Å²) in [5.74, 6) is -0.0600. The fraction of sp³-hybridized carbons (Fsp3) is 0.0455. The molecule has 0 atom stereocenters. The molecule has 0 aliphatic carbocycles. The number of amides is 1. The summed E-state index contributed by atoms with van der Waals surface area (Å²) in [6.07, 6.45) is 0. The SMILES string of the molecule is O=C(Nc1ccc(Br)cc1F)c1cc(COc2ccc3ccccc3c2)cs1. The molecule has 28 heavy (non-hydrogen) atoms. The van der Waals surface area contributed by atoms with E-state index in [4.69, 9.17) is 4.74 Å². The lowest BCUT2D eigenvalue weighted by atomic mass is 10.1. The highest BCUT2D eigenvalue weighted by Crippen LogP contribution is 2.24. The van der Waals surface area contributed by atoms with E-state index in [-0.39, 0.29) is 11.6 Å². The summed E-state index contributed by atoms with van der Waals surface area (Å²) in [5.41, 5.74) is 1.04. The average molecular weight is 456 g/mol. The molecule has 0 saturated heterocycles. The van der Waals surface area contributed by atoms with Crippen LogP contribution in [0.5, 0.6) is 5.75 Å². The number of rotatable bonds is 5. The normalized spacial score (nSPS) is 10.8. The van der Waals surface area contributed by atoms with Gasteiger partial charge in [-0.3, -0.25) is 4.79 Å². The second-order valence-corrected chi connectivity index (χ2v) is 8.02. The van der Waals surface area contributed by atoms with Crippen LogP contribution in [0.4, 0.5) is 10.1 Å². The number of ether oxygens (including phenoxy) is 1. The summed E-state index contributed by atoms with van der Waals surface area (Å²) in [5, 5.41) is 6.73. The van der Waals surface area contributed by atoms with Crippen molar-refractivity contribution in [2.45, 2.75) is 6.61 Å². The van der Waals surface area contributed by atoms with E-state index < -0.39 is 5.82 Å². The molecule has 3 nitrogen and oxygen atoms in total. The molecule has 6 heteroatoms. The lowest BCUT2D eigenvalue weighted by molar-refractivity contribution is 0.103. The van der Waals surface area contributed by atoms with E-state index in [1.807, 2.05) is 41.8 Å². The molecule has 0 aliphatic heterocycles. The molecule has 0 saturated carbocycles. The van der Waals surface area contributed by atoms with Crippen molar-refractivity contribution in [3.8, 4) is 5.75 Å². The number of benzene rings is 3. The Morgan fingerprint density at radius 1 is 1.04 bits per heavy atom. The van der Waals surface area contributed by atoms with Crippen LogP contribution in [-0.4, -0.2) is 5.91 Å². The monoisotopic (exact) mass is 455 g/mol. The summed E-state index contributed by atoms with van der Waals surface area (Å²) in [4.78, 5) is 12.9. The number of fused-ring (bicyclic) bond motifs is 1. The second-order valence-electron chi connectivity index (χ2n) is 6.20. The summed E-state index contributed by atoms with van der Waals surface area (Å²) in [6.45, 7) is 0.356. The first-order valence-electron chi connectivity index (χ1n) is 8.54. The predicted octanol–water partition coefficient (Wildman–Crippen LogP) is 6.63. The van der Waals surface area contributed by atoms with Crippen molar-refractivity contribution in [2.24, 2.45) is 0 Å². The minimum atomic E-state index is -0.487. The fourth-order valence-corrected chi connectivity index (χ4v) is 3.89. The Labute approximate surface area is 173 Å². The van der Waals surface area contributed by atoms with Crippen LogP contribution in [0.2, 0.25) is 0 Å². The van der Waals surface area contributed by atoms with Gasteiger partial charge in [0, 0.05) is 10.0 Å². The van der Waals surface area contributed by atoms with Crippen molar-refractivity contribution in [1.29, 1.82) is 0 Å². The van der Waals surface area contributed by atoms with Crippen molar-refractivity contribution < 1.29 is 13.9 Å². The van der Waals surface area contributed by atoms with Crippen LogP contribution in [-0.2, 0) is 6.61 Å². The maximum absolute atomic E-state index is 13.9. The number of carbonyl (C=O) groups excluding carboxylic acids is 1. The van der Waals surface area contributed by atoms with Crippen molar-refractivity contribution in [3.05, 3.63) is 92.8 Å². The van der Waals surface area contributed by atoms with Crippen LogP contribution in [0.3, 0.4) is 0 Å². The maximum Gasteiger partial charge on any atom is 0.265 e. The second kappa shape index (κ2) is 8.12. The Morgan fingerprint density at radius 2 is 1.86 bits per heavy atom. The van der Waals surface area contributed by atoms with Crippen molar-refractivity contribution >= 4 is 49.6 Å². The first kappa shape index (κ1) is 18.7. The van der Waals surface area contributed by atoms with Crippen LogP contribution in [0.1, 0.15) is 15.2 Å². The minimum absolute atomic E-state index is 0.149. The molecule has 3 aromatic carbocycles. The molecule has 1 N–H and O–H groups in total. The Balaban J connectivity index is 1.41. The highest BCUT2D eigenvalue weighted by atomic mass is 79.9. The first-order valence-corrected chi connectivity index (χ1v) is 10.2. The number of halogens is 2. The topological polar surface area (TPSA) is 38.3 Å². The van der Waals surface area contributed by atoms with Crippen LogP contribution < -0.4 is 10.1 Å². The Kier molecular flexibility index (Phi) is 5.41. The van der Waals surface area contributed by atoms with Gasteiger partial charge in [-0.15, -0.1) is 11.3 Å². The van der Waals surface area contributed by atoms with E-state index in [1.54, 1.807) is 12.1 Å².